The molecule has 0 aliphatic rings. The number of aryl methyl sites for hydroxylation is 2. The fourth-order valence-corrected chi connectivity index (χ4v) is 2.07. The van der Waals surface area contributed by atoms with Crippen molar-refractivity contribution in [1.29, 1.82) is 0 Å². The lowest BCUT2D eigenvalue weighted by Crippen LogP contribution is -2.13. The Morgan fingerprint density at radius 2 is 1.84 bits per heavy atom. The summed E-state index contributed by atoms with van der Waals surface area (Å²) in [6, 6.07) is 8.17. The van der Waals surface area contributed by atoms with Crippen LogP contribution in [0.5, 0.6) is 5.75 Å². The summed E-state index contributed by atoms with van der Waals surface area (Å²) >= 11 is 0. The van der Waals surface area contributed by atoms with Gasteiger partial charge >= 0.3 is 0 Å². The second-order valence-corrected chi connectivity index (χ2v) is 5.84. The largest absolute Gasteiger partial charge is 0.488 e. The number of benzene rings is 1. The quantitative estimate of drug-likeness (QED) is 0.830. The van der Waals surface area contributed by atoms with Gasteiger partial charge in [-0.05, 0) is 30.9 Å². The third kappa shape index (κ3) is 2.98. The Bertz CT molecular complexity index is 545. The van der Waals surface area contributed by atoms with Gasteiger partial charge in [0.15, 0.2) is 0 Å². The summed E-state index contributed by atoms with van der Waals surface area (Å²) in [4.78, 5) is 0. The number of para-hydroxylation sites is 1. The fourth-order valence-electron chi connectivity index (χ4n) is 2.07. The average Bonchev–Trinajstić information content (AvgIpc) is 2.66. The first-order chi connectivity index (χ1) is 8.89. The number of hydrogen-bond donors (Lipinski definition) is 0. The van der Waals surface area contributed by atoms with E-state index in [1.807, 2.05) is 32.0 Å². The Morgan fingerprint density at radius 1 is 1.16 bits per heavy atom. The predicted octanol–water partition coefficient (Wildman–Crippen LogP) is 4.17. The van der Waals surface area contributed by atoms with Crippen molar-refractivity contribution in [1.82, 2.24) is 5.16 Å². The Hall–Kier alpha value is -1.77. The van der Waals surface area contributed by atoms with Gasteiger partial charge in [0.1, 0.15) is 18.1 Å². The highest BCUT2D eigenvalue weighted by Gasteiger charge is 2.19. The van der Waals surface area contributed by atoms with Gasteiger partial charge in [-0.15, -0.1) is 0 Å². The molecule has 0 unspecified atom stereocenters. The summed E-state index contributed by atoms with van der Waals surface area (Å²) in [5.74, 6) is 1.75. The van der Waals surface area contributed by atoms with E-state index in [0.717, 1.165) is 22.8 Å². The van der Waals surface area contributed by atoms with E-state index >= 15 is 0 Å². The molecular formula is C16H21NO2. The predicted molar refractivity (Wildman–Crippen MR) is 75.5 cm³/mol. The molecule has 0 aliphatic carbocycles. The SMILES string of the molecule is Cc1noc(C)c1COc1ccccc1C(C)(C)C. The highest BCUT2D eigenvalue weighted by atomic mass is 16.5. The molecule has 0 fully saturated rings. The van der Waals surface area contributed by atoms with Gasteiger partial charge in [0.2, 0.25) is 0 Å². The summed E-state index contributed by atoms with van der Waals surface area (Å²) in [5, 5.41) is 3.94. The molecule has 1 heterocycles. The summed E-state index contributed by atoms with van der Waals surface area (Å²) in [5.41, 5.74) is 3.20. The van der Waals surface area contributed by atoms with E-state index in [4.69, 9.17) is 9.26 Å². The standard InChI is InChI=1S/C16H21NO2/c1-11-13(12(2)19-17-11)10-18-15-9-7-6-8-14(15)16(3,4)5/h6-9H,10H2,1-5H3. The van der Waals surface area contributed by atoms with Crippen molar-refractivity contribution >= 4 is 0 Å². The van der Waals surface area contributed by atoms with Crippen molar-refractivity contribution in [3.05, 3.63) is 46.8 Å². The third-order valence-electron chi connectivity index (χ3n) is 3.25. The normalized spacial score (nSPS) is 11.6. The van der Waals surface area contributed by atoms with Crippen LogP contribution in [0.2, 0.25) is 0 Å². The first-order valence-corrected chi connectivity index (χ1v) is 6.53. The van der Waals surface area contributed by atoms with Crippen LogP contribution in [0.15, 0.2) is 28.8 Å². The smallest absolute Gasteiger partial charge is 0.140 e. The van der Waals surface area contributed by atoms with Crippen molar-refractivity contribution in [3.8, 4) is 5.75 Å². The Labute approximate surface area is 114 Å². The Morgan fingerprint density at radius 3 is 2.42 bits per heavy atom. The third-order valence-corrected chi connectivity index (χ3v) is 3.25. The maximum Gasteiger partial charge on any atom is 0.140 e. The van der Waals surface area contributed by atoms with Crippen LogP contribution in [0, 0.1) is 13.8 Å². The number of nitrogens with zero attached hydrogens (tertiary/aromatic N) is 1. The van der Waals surface area contributed by atoms with E-state index in [1.54, 1.807) is 0 Å². The van der Waals surface area contributed by atoms with E-state index in [0.29, 0.717) is 6.61 Å². The molecule has 0 atom stereocenters. The van der Waals surface area contributed by atoms with Crippen LogP contribution in [-0.2, 0) is 12.0 Å². The van der Waals surface area contributed by atoms with Crippen LogP contribution in [0.25, 0.3) is 0 Å². The molecule has 0 saturated heterocycles. The van der Waals surface area contributed by atoms with E-state index < -0.39 is 0 Å². The molecule has 19 heavy (non-hydrogen) atoms. The molecule has 102 valence electrons. The Kier molecular flexibility index (Phi) is 3.65. The van der Waals surface area contributed by atoms with Gasteiger partial charge < -0.3 is 9.26 Å². The van der Waals surface area contributed by atoms with Crippen LogP contribution in [-0.4, -0.2) is 5.16 Å². The lowest BCUT2D eigenvalue weighted by Gasteiger charge is -2.22. The summed E-state index contributed by atoms with van der Waals surface area (Å²) in [7, 11) is 0. The van der Waals surface area contributed by atoms with Gasteiger partial charge in [-0.25, -0.2) is 0 Å². The molecule has 0 saturated carbocycles. The molecule has 0 spiro atoms. The molecule has 0 amide bonds. The highest BCUT2D eigenvalue weighted by molar-refractivity contribution is 5.38. The van der Waals surface area contributed by atoms with Crippen molar-refractivity contribution in [3.63, 3.8) is 0 Å². The number of hydrogen-bond acceptors (Lipinski definition) is 3. The highest BCUT2D eigenvalue weighted by Crippen LogP contribution is 2.31. The minimum absolute atomic E-state index is 0.0648. The molecule has 0 bridgehead atoms. The van der Waals surface area contributed by atoms with Gasteiger partial charge in [0.25, 0.3) is 0 Å². The van der Waals surface area contributed by atoms with Gasteiger partial charge in [0.05, 0.1) is 11.3 Å². The summed E-state index contributed by atoms with van der Waals surface area (Å²) < 4.78 is 11.1. The maximum absolute atomic E-state index is 5.97. The van der Waals surface area contributed by atoms with E-state index in [2.05, 4.69) is 32.0 Å². The van der Waals surface area contributed by atoms with E-state index in [9.17, 15) is 0 Å². The molecule has 3 heteroatoms. The molecule has 1 aromatic carbocycles. The van der Waals surface area contributed by atoms with E-state index in [-0.39, 0.29) is 5.41 Å². The second-order valence-electron chi connectivity index (χ2n) is 5.84. The zero-order valence-electron chi connectivity index (χ0n) is 12.3. The minimum atomic E-state index is 0.0648. The van der Waals surface area contributed by atoms with Crippen LogP contribution < -0.4 is 4.74 Å². The topological polar surface area (TPSA) is 35.3 Å². The first-order valence-electron chi connectivity index (χ1n) is 6.53. The molecule has 0 radical (unpaired) electrons. The monoisotopic (exact) mass is 259 g/mol. The molecule has 1 aromatic heterocycles. The molecule has 0 aliphatic heterocycles. The summed E-state index contributed by atoms with van der Waals surface area (Å²) in [6.07, 6.45) is 0. The van der Waals surface area contributed by atoms with Crippen molar-refractivity contribution in [2.45, 2.75) is 46.6 Å². The van der Waals surface area contributed by atoms with Gasteiger partial charge in [-0.1, -0.05) is 44.1 Å². The first kappa shape index (κ1) is 13.7. The Balaban J connectivity index is 2.21. The molecule has 2 aromatic rings. The van der Waals surface area contributed by atoms with Crippen molar-refractivity contribution in [2.24, 2.45) is 0 Å². The van der Waals surface area contributed by atoms with Crippen molar-refractivity contribution in [2.75, 3.05) is 0 Å². The van der Waals surface area contributed by atoms with Gasteiger partial charge in [0, 0.05) is 0 Å². The van der Waals surface area contributed by atoms with Gasteiger partial charge in [-0.2, -0.15) is 0 Å². The molecule has 3 nitrogen and oxygen atoms in total. The second kappa shape index (κ2) is 5.08. The number of ether oxygens (including phenoxy) is 1. The number of rotatable bonds is 3. The maximum atomic E-state index is 5.97. The van der Waals surface area contributed by atoms with Gasteiger partial charge in [-0.3, -0.25) is 0 Å². The van der Waals surface area contributed by atoms with Crippen LogP contribution in [0.4, 0.5) is 0 Å². The fraction of sp³-hybridized carbons (Fsp3) is 0.438. The van der Waals surface area contributed by atoms with E-state index in [1.165, 1.54) is 5.56 Å². The van der Waals surface area contributed by atoms with Crippen LogP contribution in [0.1, 0.15) is 43.4 Å². The summed E-state index contributed by atoms with van der Waals surface area (Å²) in [6.45, 7) is 10.9. The van der Waals surface area contributed by atoms with Crippen LogP contribution in [0.3, 0.4) is 0 Å². The zero-order valence-corrected chi connectivity index (χ0v) is 12.3. The lowest BCUT2D eigenvalue weighted by molar-refractivity contribution is 0.293. The average molecular weight is 259 g/mol. The van der Waals surface area contributed by atoms with Crippen LogP contribution >= 0.6 is 0 Å². The zero-order chi connectivity index (χ0) is 14.0. The molecule has 0 N–H and O–H groups in total. The number of aromatic nitrogens is 1. The minimum Gasteiger partial charge on any atom is -0.488 e. The lowest BCUT2D eigenvalue weighted by atomic mass is 9.86. The van der Waals surface area contributed by atoms with Crippen molar-refractivity contribution < 1.29 is 9.26 Å². The molecule has 2 rings (SSSR count). The molecular weight excluding hydrogens is 238 g/mol.